The van der Waals surface area contributed by atoms with Crippen LogP contribution in [-0.2, 0) is 13.0 Å². The second kappa shape index (κ2) is 5.83. The van der Waals surface area contributed by atoms with Gasteiger partial charge in [0.1, 0.15) is 0 Å². The van der Waals surface area contributed by atoms with Crippen LogP contribution in [0.2, 0.25) is 0 Å². The van der Waals surface area contributed by atoms with E-state index < -0.39 is 0 Å². The monoisotopic (exact) mass is 243 g/mol. The molecule has 0 spiro atoms. The number of nitrogens with two attached hydrogens (primary N) is 1. The fourth-order valence-electron chi connectivity index (χ4n) is 2.05. The number of hydrogen-bond acceptors (Lipinski definition) is 2. The summed E-state index contributed by atoms with van der Waals surface area (Å²) >= 11 is 0. The lowest BCUT2D eigenvalue weighted by Crippen LogP contribution is -2.05. The third-order valence-electron chi connectivity index (χ3n) is 3.31. The van der Waals surface area contributed by atoms with Crippen molar-refractivity contribution in [2.24, 2.45) is 5.73 Å². The van der Waals surface area contributed by atoms with Gasteiger partial charge >= 0.3 is 0 Å². The zero-order valence-corrected chi connectivity index (χ0v) is 11.2. The van der Waals surface area contributed by atoms with Crippen molar-refractivity contribution in [1.29, 1.82) is 0 Å². The highest BCUT2D eigenvalue weighted by Crippen LogP contribution is 2.12. The molecular formula is C15H21N3. The normalized spacial score (nSPS) is 10.8. The molecule has 1 aromatic carbocycles. The van der Waals surface area contributed by atoms with Crippen molar-refractivity contribution in [3.05, 3.63) is 52.8 Å². The van der Waals surface area contributed by atoms with Crippen LogP contribution in [0.3, 0.4) is 0 Å². The lowest BCUT2D eigenvalue weighted by Gasteiger charge is -2.06. The average molecular weight is 243 g/mol. The first-order chi connectivity index (χ1) is 8.70. The SMILES string of the molecule is Cc1ccc(Cn2ncc(CCCN)c2C)cc1. The summed E-state index contributed by atoms with van der Waals surface area (Å²) in [5, 5.41) is 4.46. The third kappa shape index (κ3) is 2.99. The Hall–Kier alpha value is -1.61. The van der Waals surface area contributed by atoms with Gasteiger partial charge in [-0.3, -0.25) is 4.68 Å². The first kappa shape index (κ1) is 12.8. The number of hydrogen-bond donors (Lipinski definition) is 1. The minimum atomic E-state index is 0.739. The molecule has 0 aliphatic heterocycles. The van der Waals surface area contributed by atoms with Crippen LogP contribution in [0.25, 0.3) is 0 Å². The summed E-state index contributed by atoms with van der Waals surface area (Å²) in [6.07, 6.45) is 4.02. The summed E-state index contributed by atoms with van der Waals surface area (Å²) in [6, 6.07) is 8.61. The number of benzene rings is 1. The van der Waals surface area contributed by atoms with Crippen molar-refractivity contribution < 1.29 is 0 Å². The van der Waals surface area contributed by atoms with E-state index >= 15 is 0 Å². The second-order valence-electron chi connectivity index (χ2n) is 4.79. The molecule has 0 unspecified atom stereocenters. The molecule has 2 rings (SSSR count). The molecule has 3 heteroatoms. The second-order valence-corrected chi connectivity index (χ2v) is 4.79. The van der Waals surface area contributed by atoms with E-state index in [-0.39, 0.29) is 0 Å². The molecule has 0 bridgehead atoms. The fourth-order valence-corrected chi connectivity index (χ4v) is 2.05. The Bertz CT molecular complexity index is 497. The van der Waals surface area contributed by atoms with Crippen LogP contribution < -0.4 is 5.73 Å². The minimum Gasteiger partial charge on any atom is -0.330 e. The molecule has 0 atom stereocenters. The van der Waals surface area contributed by atoms with E-state index in [4.69, 9.17) is 5.73 Å². The van der Waals surface area contributed by atoms with Gasteiger partial charge in [-0.05, 0) is 44.4 Å². The predicted molar refractivity (Wildman–Crippen MR) is 74.6 cm³/mol. The number of rotatable bonds is 5. The van der Waals surface area contributed by atoms with Gasteiger partial charge in [0, 0.05) is 5.69 Å². The molecular weight excluding hydrogens is 222 g/mol. The summed E-state index contributed by atoms with van der Waals surface area (Å²) in [5.41, 5.74) is 10.7. The van der Waals surface area contributed by atoms with E-state index in [0.29, 0.717) is 0 Å². The molecule has 0 saturated heterocycles. The molecule has 1 aromatic heterocycles. The van der Waals surface area contributed by atoms with Crippen LogP contribution in [0.4, 0.5) is 0 Å². The quantitative estimate of drug-likeness (QED) is 0.876. The molecule has 0 fully saturated rings. The summed E-state index contributed by atoms with van der Waals surface area (Å²) in [4.78, 5) is 0. The van der Waals surface area contributed by atoms with Gasteiger partial charge < -0.3 is 5.73 Å². The van der Waals surface area contributed by atoms with E-state index in [1.54, 1.807) is 0 Å². The highest BCUT2D eigenvalue weighted by atomic mass is 15.3. The maximum Gasteiger partial charge on any atom is 0.0662 e. The van der Waals surface area contributed by atoms with Gasteiger partial charge in [0.2, 0.25) is 0 Å². The lowest BCUT2D eigenvalue weighted by atomic mass is 10.1. The van der Waals surface area contributed by atoms with Gasteiger partial charge in [0.25, 0.3) is 0 Å². The molecule has 0 saturated carbocycles. The van der Waals surface area contributed by atoms with E-state index in [1.165, 1.54) is 22.4 Å². The van der Waals surface area contributed by atoms with Gasteiger partial charge in [-0.1, -0.05) is 29.8 Å². The van der Waals surface area contributed by atoms with Gasteiger partial charge in [-0.25, -0.2) is 0 Å². The number of nitrogens with zero attached hydrogens (tertiary/aromatic N) is 2. The topological polar surface area (TPSA) is 43.8 Å². The zero-order chi connectivity index (χ0) is 13.0. The Morgan fingerprint density at radius 3 is 2.56 bits per heavy atom. The van der Waals surface area contributed by atoms with Crippen molar-refractivity contribution in [1.82, 2.24) is 9.78 Å². The predicted octanol–water partition coefficient (Wildman–Crippen LogP) is 2.44. The minimum absolute atomic E-state index is 0.739. The van der Waals surface area contributed by atoms with Gasteiger partial charge in [-0.15, -0.1) is 0 Å². The highest BCUT2D eigenvalue weighted by molar-refractivity contribution is 5.23. The Balaban J connectivity index is 2.09. The van der Waals surface area contributed by atoms with Crippen LogP contribution in [0.5, 0.6) is 0 Å². The van der Waals surface area contributed by atoms with Crippen LogP contribution in [0.1, 0.15) is 28.8 Å². The molecule has 3 nitrogen and oxygen atoms in total. The lowest BCUT2D eigenvalue weighted by molar-refractivity contribution is 0.662. The van der Waals surface area contributed by atoms with E-state index in [1.807, 2.05) is 6.20 Å². The maximum absolute atomic E-state index is 5.54. The molecule has 0 radical (unpaired) electrons. The Kier molecular flexibility index (Phi) is 4.15. The first-order valence-electron chi connectivity index (χ1n) is 6.47. The van der Waals surface area contributed by atoms with Crippen molar-refractivity contribution in [3.8, 4) is 0 Å². The van der Waals surface area contributed by atoms with Gasteiger partial charge in [-0.2, -0.15) is 5.10 Å². The van der Waals surface area contributed by atoms with Crippen LogP contribution in [0, 0.1) is 13.8 Å². The van der Waals surface area contributed by atoms with Gasteiger partial charge in [0.05, 0.1) is 12.7 Å². The van der Waals surface area contributed by atoms with Crippen molar-refractivity contribution in [3.63, 3.8) is 0 Å². The third-order valence-corrected chi connectivity index (χ3v) is 3.31. The number of aryl methyl sites for hydroxylation is 2. The molecule has 96 valence electrons. The van der Waals surface area contributed by atoms with Crippen LogP contribution >= 0.6 is 0 Å². The first-order valence-corrected chi connectivity index (χ1v) is 6.47. The molecule has 0 amide bonds. The standard InChI is InChI=1S/C15H21N3/c1-12-5-7-14(8-6-12)11-18-13(2)15(10-17-18)4-3-9-16/h5-8,10H,3-4,9,11,16H2,1-2H3. The largest absolute Gasteiger partial charge is 0.330 e. The molecule has 0 aliphatic rings. The average Bonchev–Trinajstić information content (AvgIpc) is 2.71. The molecule has 2 aromatic rings. The van der Waals surface area contributed by atoms with E-state index in [2.05, 4.69) is 47.9 Å². The van der Waals surface area contributed by atoms with Crippen molar-refractivity contribution in [2.75, 3.05) is 6.54 Å². The van der Waals surface area contributed by atoms with E-state index in [0.717, 1.165) is 25.9 Å². The Morgan fingerprint density at radius 2 is 1.89 bits per heavy atom. The summed E-state index contributed by atoms with van der Waals surface area (Å²) in [5.74, 6) is 0. The molecule has 2 N–H and O–H groups in total. The van der Waals surface area contributed by atoms with Crippen LogP contribution in [-0.4, -0.2) is 16.3 Å². The molecule has 1 heterocycles. The van der Waals surface area contributed by atoms with Crippen molar-refractivity contribution in [2.45, 2.75) is 33.2 Å². The Morgan fingerprint density at radius 1 is 1.17 bits per heavy atom. The number of aromatic nitrogens is 2. The smallest absolute Gasteiger partial charge is 0.0662 e. The molecule has 0 aliphatic carbocycles. The maximum atomic E-state index is 5.54. The fraction of sp³-hybridized carbons (Fsp3) is 0.400. The van der Waals surface area contributed by atoms with Crippen LogP contribution in [0.15, 0.2) is 30.5 Å². The Labute approximate surface area is 109 Å². The van der Waals surface area contributed by atoms with Gasteiger partial charge in [0.15, 0.2) is 0 Å². The van der Waals surface area contributed by atoms with E-state index in [9.17, 15) is 0 Å². The summed E-state index contributed by atoms with van der Waals surface area (Å²) in [6.45, 7) is 5.82. The molecule has 18 heavy (non-hydrogen) atoms. The highest BCUT2D eigenvalue weighted by Gasteiger charge is 2.06. The summed E-state index contributed by atoms with van der Waals surface area (Å²) < 4.78 is 2.07. The van der Waals surface area contributed by atoms with Crippen molar-refractivity contribution >= 4 is 0 Å². The summed E-state index contributed by atoms with van der Waals surface area (Å²) in [7, 11) is 0. The zero-order valence-electron chi connectivity index (χ0n) is 11.2.